The second kappa shape index (κ2) is 3.93. The molecule has 2 aromatic rings. The Balaban J connectivity index is 2.61. The van der Waals surface area contributed by atoms with Gasteiger partial charge in [-0.1, -0.05) is 12.1 Å². The molecule has 0 amide bonds. The van der Waals surface area contributed by atoms with Crippen LogP contribution in [-0.4, -0.2) is 9.55 Å². The lowest BCUT2D eigenvalue weighted by Gasteiger charge is -2.08. The molecular weight excluding hydrogens is 200 g/mol. The number of aromatic nitrogens is 2. The van der Waals surface area contributed by atoms with Crippen molar-refractivity contribution in [3.05, 3.63) is 51.9 Å². The quantitative estimate of drug-likeness (QED) is 0.728. The zero-order valence-electron chi connectivity index (χ0n) is 9.69. The van der Waals surface area contributed by atoms with E-state index in [9.17, 15) is 4.79 Å². The monoisotopic (exact) mass is 214 g/mol. The third kappa shape index (κ3) is 1.76. The van der Waals surface area contributed by atoms with Crippen molar-refractivity contribution in [1.82, 2.24) is 9.55 Å². The summed E-state index contributed by atoms with van der Waals surface area (Å²) in [6.45, 7) is 3.81. The Hall–Kier alpha value is -1.90. The molecule has 3 nitrogen and oxygen atoms in total. The van der Waals surface area contributed by atoms with E-state index >= 15 is 0 Å². The maximum absolute atomic E-state index is 11.8. The van der Waals surface area contributed by atoms with Crippen molar-refractivity contribution in [2.24, 2.45) is 7.05 Å². The third-order valence-electron chi connectivity index (χ3n) is 2.67. The Bertz CT molecular complexity index is 567. The molecule has 2 heterocycles. The van der Waals surface area contributed by atoms with Crippen LogP contribution in [0.5, 0.6) is 0 Å². The summed E-state index contributed by atoms with van der Waals surface area (Å²) >= 11 is 0. The van der Waals surface area contributed by atoms with Crippen LogP contribution in [0.3, 0.4) is 0 Å². The first-order chi connectivity index (χ1) is 7.59. The first-order valence-corrected chi connectivity index (χ1v) is 5.19. The average molecular weight is 214 g/mol. The van der Waals surface area contributed by atoms with E-state index in [2.05, 4.69) is 4.98 Å². The molecule has 16 heavy (non-hydrogen) atoms. The number of aryl methyl sites for hydroxylation is 2. The molecule has 0 aliphatic carbocycles. The summed E-state index contributed by atoms with van der Waals surface area (Å²) in [7, 11) is 1.77. The molecular formula is C13H14N2O. The second-order valence-corrected chi connectivity index (χ2v) is 3.99. The minimum Gasteiger partial charge on any atom is -0.310 e. The molecule has 0 aromatic carbocycles. The fourth-order valence-electron chi connectivity index (χ4n) is 1.64. The van der Waals surface area contributed by atoms with E-state index in [0.717, 1.165) is 22.5 Å². The van der Waals surface area contributed by atoms with Gasteiger partial charge in [0.1, 0.15) is 0 Å². The molecule has 0 atom stereocenters. The summed E-state index contributed by atoms with van der Waals surface area (Å²) < 4.78 is 1.63. The first kappa shape index (κ1) is 10.6. The predicted molar refractivity (Wildman–Crippen MR) is 64.4 cm³/mol. The van der Waals surface area contributed by atoms with Crippen molar-refractivity contribution in [3.63, 3.8) is 0 Å². The van der Waals surface area contributed by atoms with Gasteiger partial charge in [-0.25, -0.2) is 0 Å². The standard InChI is InChI=1S/C13H14N2O/c1-9-4-6-11(14-8-9)12-7-5-10(2)13(16)15(12)3/h4-8H,1-3H3. The van der Waals surface area contributed by atoms with E-state index in [4.69, 9.17) is 0 Å². The van der Waals surface area contributed by atoms with Crippen LogP contribution in [0, 0.1) is 13.8 Å². The van der Waals surface area contributed by atoms with Gasteiger partial charge in [0.25, 0.3) is 5.56 Å². The van der Waals surface area contributed by atoms with Crippen LogP contribution in [0.15, 0.2) is 35.3 Å². The minimum atomic E-state index is 0.0277. The molecule has 0 saturated carbocycles. The zero-order valence-corrected chi connectivity index (χ0v) is 9.69. The summed E-state index contributed by atoms with van der Waals surface area (Å²) in [5, 5.41) is 0. The molecule has 3 heteroatoms. The lowest BCUT2D eigenvalue weighted by atomic mass is 10.2. The molecule has 0 spiro atoms. The molecule has 0 aliphatic heterocycles. The van der Waals surface area contributed by atoms with E-state index < -0.39 is 0 Å². The Morgan fingerprint density at radius 3 is 2.50 bits per heavy atom. The van der Waals surface area contributed by atoms with Crippen LogP contribution < -0.4 is 5.56 Å². The Morgan fingerprint density at radius 2 is 1.88 bits per heavy atom. The average Bonchev–Trinajstić information content (AvgIpc) is 2.28. The summed E-state index contributed by atoms with van der Waals surface area (Å²) in [5.41, 5.74) is 3.56. The Morgan fingerprint density at radius 1 is 1.12 bits per heavy atom. The van der Waals surface area contributed by atoms with Crippen LogP contribution in [0.2, 0.25) is 0 Å². The molecule has 0 N–H and O–H groups in total. The molecule has 82 valence electrons. The molecule has 0 aliphatic rings. The Labute approximate surface area is 94.4 Å². The van der Waals surface area contributed by atoms with Crippen molar-refractivity contribution in [3.8, 4) is 11.4 Å². The SMILES string of the molecule is Cc1ccc(-c2ccc(C)c(=O)n2C)nc1. The highest BCUT2D eigenvalue weighted by atomic mass is 16.1. The maximum Gasteiger partial charge on any atom is 0.253 e. The van der Waals surface area contributed by atoms with Gasteiger partial charge in [0.2, 0.25) is 0 Å². The van der Waals surface area contributed by atoms with E-state index in [1.807, 2.05) is 38.1 Å². The maximum atomic E-state index is 11.8. The van der Waals surface area contributed by atoms with E-state index in [1.165, 1.54) is 0 Å². The molecule has 2 rings (SSSR count). The highest BCUT2D eigenvalue weighted by Crippen LogP contribution is 2.14. The lowest BCUT2D eigenvalue weighted by Crippen LogP contribution is -2.20. The van der Waals surface area contributed by atoms with Gasteiger partial charge < -0.3 is 4.57 Å². The van der Waals surface area contributed by atoms with Gasteiger partial charge in [-0.05, 0) is 31.5 Å². The van der Waals surface area contributed by atoms with E-state index in [0.29, 0.717) is 0 Å². The molecule has 0 fully saturated rings. The summed E-state index contributed by atoms with van der Waals surface area (Å²) in [6.07, 6.45) is 1.81. The van der Waals surface area contributed by atoms with Gasteiger partial charge in [0.15, 0.2) is 0 Å². The van der Waals surface area contributed by atoms with Crippen LogP contribution in [0.25, 0.3) is 11.4 Å². The number of nitrogens with zero attached hydrogens (tertiary/aromatic N) is 2. The minimum absolute atomic E-state index is 0.0277. The van der Waals surface area contributed by atoms with Crippen LogP contribution >= 0.6 is 0 Å². The summed E-state index contributed by atoms with van der Waals surface area (Å²) in [6, 6.07) is 7.68. The summed E-state index contributed by atoms with van der Waals surface area (Å²) in [5.74, 6) is 0. The molecule has 0 saturated heterocycles. The van der Waals surface area contributed by atoms with E-state index in [-0.39, 0.29) is 5.56 Å². The summed E-state index contributed by atoms with van der Waals surface area (Å²) in [4.78, 5) is 16.1. The van der Waals surface area contributed by atoms with Crippen LogP contribution in [0.1, 0.15) is 11.1 Å². The highest BCUT2D eigenvalue weighted by molar-refractivity contribution is 5.54. The normalized spacial score (nSPS) is 10.4. The number of pyridine rings is 2. The van der Waals surface area contributed by atoms with Gasteiger partial charge in [-0.3, -0.25) is 9.78 Å². The second-order valence-electron chi connectivity index (χ2n) is 3.99. The van der Waals surface area contributed by atoms with Gasteiger partial charge in [-0.15, -0.1) is 0 Å². The van der Waals surface area contributed by atoms with Crippen molar-refractivity contribution in [2.45, 2.75) is 13.8 Å². The molecule has 0 bridgehead atoms. The largest absolute Gasteiger partial charge is 0.310 e. The van der Waals surface area contributed by atoms with Gasteiger partial charge >= 0.3 is 0 Å². The predicted octanol–water partition coefficient (Wildman–Crippen LogP) is 2.06. The Kier molecular flexibility index (Phi) is 2.60. The van der Waals surface area contributed by atoms with Crippen LogP contribution in [-0.2, 0) is 7.05 Å². The van der Waals surface area contributed by atoms with Crippen molar-refractivity contribution in [1.29, 1.82) is 0 Å². The van der Waals surface area contributed by atoms with Gasteiger partial charge in [-0.2, -0.15) is 0 Å². The molecule has 0 unspecified atom stereocenters. The van der Waals surface area contributed by atoms with E-state index in [1.54, 1.807) is 17.8 Å². The van der Waals surface area contributed by atoms with Crippen molar-refractivity contribution >= 4 is 0 Å². The topological polar surface area (TPSA) is 34.9 Å². The highest BCUT2D eigenvalue weighted by Gasteiger charge is 2.05. The van der Waals surface area contributed by atoms with Crippen molar-refractivity contribution < 1.29 is 0 Å². The van der Waals surface area contributed by atoms with Gasteiger partial charge in [0.05, 0.1) is 11.4 Å². The number of hydrogen-bond acceptors (Lipinski definition) is 2. The number of rotatable bonds is 1. The number of hydrogen-bond donors (Lipinski definition) is 0. The van der Waals surface area contributed by atoms with Crippen molar-refractivity contribution in [2.75, 3.05) is 0 Å². The fraction of sp³-hybridized carbons (Fsp3) is 0.231. The smallest absolute Gasteiger partial charge is 0.253 e. The molecule has 2 aromatic heterocycles. The fourth-order valence-corrected chi connectivity index (χ4v) is 1.64. The lowest BCUT2D eigenvalue weighted by molar-refractivity contribution is 0.854. The zero-order chi connectivity index (χ0) is 11.7. The van der Waals surface area contributed by atoms with Crippen LogP contribution in [0.4, 0.5) is 0 Å². The molecule has 0 radical (unpaired) electrons. The van der Waals surface area contributed by atoms with Gasteiger partial charge in [0, 0.05) is 18.8 Å². The first-order valence-electron chi connectivity index (χ1n) is 5.19. The third-order valence-corrected chi connectivity index (χ3v) is 2.67.